The minimum Gasteiger partial charge on any atom is -0.492 e. The van der Waals surface area contributed by atoms with Crippen LogP contribution in [0.3, 0.4) is 0 Å². The summed E-state index contributed by atoms with van der Waals surface area (Å²) in [5.41, 5.74) is 5.54. The van der Waals surface area contributed by atoms with E-state index in [9.17, 15) is 14.4 Å². The Labute approximate surface area is 147 Å². The van der Waals surface area contributed by atoms with Crippen LogP contribution in [0.5, 0.6) is 5.75 Å². The van der Waals surface area contributed by atoms with Gasteiger partial charge in [-0.1, -0.05) is 26.0 Å². The van der Waals surface area contributed by atoms with Crippen molar-refractivity contribution in [3.05, 3.63) is 24.3 Å². The lowest BCUT2D eigenvalue weighted by atomic mass is 10.0. The van der Waals surface area contributed by atoms with Crippen LogP contribution in [0, 0.1) is 5.92 Å². The van der Waals surface area contributed by atoms with Crippen LogP contribution in [0.1, 0.15) is 27.2 Å². The first-order chi connectivity index (χ1) is 11.8. The molecule has 0 saturated heterocycles. The van der Waals surface area contributed by atoms with Gasteiger partial charge in [0.15, 0.2) is 6.61 Å². The van der Waals surface area contributed by atoms with Gasteiger partial charge in [0.05, 0.1) is 12.3 Å². The molecule has 0 aliphatic carbocycles. The van der Waals surface area contributed by atoms with Gasteiger partial charge in [-0.25, -0.2) is 9.59 Å². The number of rotatable bonds is 9. The van der Waals surface area contributed by atoms with E-state index in [4.69, 9.17) is 15.2 Å². The monoisotopic (exact) mass is 351 g/mol. The highest BCUT2D eigenvalue weighted by atomic mass is 16.5. The van der Waals surface area contributed by atoms with E-state index in [2.05, 4.69) is 10.6 Å². The van der Waals surface area contributed by atoms with E-state index < -0.39 is 30.6 Å². The van der Waals surface area contributed by atoms with E-state index in [1.54, 1.807) is 24.3 Å². The van der Waals surface area contributed by atoms with Gasteiger partial charge in [0.2, 0.25) is 0 Å². The fourth-order valence-electron chi connectivity index (χ4n) is 2.13. The second-order valence-electron chi connectivity index (χ2n) is 5.78. The highest BCUT2D eigenvalue weighted by Gasteiger charge is 2.23. The summed E-state index contributed by atoms with van der Waals surface area (Å²) in [5, 5.41) is 4.94. The number of primary amides is 1. The molecule has 25 heavy (non-hydrogen) atoms. The molecule has 0 aromatic heterocycles. The number of carbonyl (C=O) groups is 3. The number of benzene rings is 1. The predicted octanol–water partition coefficient (Wildman–Crippen LogP) is 1.65. The first-order valence-electron chi connectivity index (χ1n) is 8.07. The average Bonchev–Trinajstić information content (AvgIpc) is 2.53. The summed E-state index contributed by atoms with van der Waals surface area (Å²) in [6.45, 7) is 5.59. The summed E-state index contributed by atoms with van der Waals surface area (Å²) < 4.78 is 10.4. The lowest BCUT2D eigenvalue weighted by Gasteiger charge is -2.18. The third kappa shape index (κ3) is 7.56. The Hall–Kier alpha value is -2.77. The second-order valence-corrected chi connectivity index (χ2v) is 5.78. The van der Waals surface area contributed by atoms with Gasteiger partial charge in [-0.05, 0) is 31.4 Å². The molecule has 1 rings (SSSR count). The summed E-state index contributed by atoms with van der Waals surface area (Å²) in [6.07, 6.45) is 0.358. The summed E-state index contributed by atoms with van der Waals surface area (Å²) in [7, 11) is 0. The largest absolute Gasteiger partial charge is 0.492 e. The van der Waals surface area contributed by atoms with Crippen LogP contribution in [0.15, 0.2) is 24.3 Å². The number of amides is 3. The number of carbonyl (C=O) groups excluding carboxylic acids is 3. The van der Waals surface area contributed by atoms with Gasteiger partial charge in [0.1, 0.15) is 11.8 Å². The number of urea groups is 1. The summed E-state index contributed by atoms with van der Waals surface area (Å²) >= 11 is 0. The van der Waals surface area contributed by atoms with E-state index in [1.165, 1.54) is 0 Å². The number of anilines is 1. The zero-order valence-corrected chi connectivity index (χ0v) is 14.7. The molecule has 0 radical (unpaired) electrons. The first-order valence-corrected chi connectivity index (χ1v) is 8.07. The molecule has 1 aromatic rings. The molecule has 0 aliphatic heterocycles. The lowest BCUT2D eigenvalue weighted by Crippen LogP contribution is -2.45. The molecule has 0 unspecified atom stereocenters. The SMILES string of the molecule is CCOc1ccccc1NC(=O)COC(=O)[C@H](CC(C)C)NC(N)=O. The van der Waals surface area contributed by atoms with E-state index in [1.807, 2.05) is 20.8 Å². The Balaban J connectivity index is 2.59. The van der Waals surface area contributed by atoms with E-state index >= 15 is 0 Å². The van der Waals surface area contributed by atoms with Crippen molar-refractivity contribution in [2.24, 2.45) is 11.7 Å². The number of ether oxygens (including phenoxy) is 2. The highest BCUT2D eigenvalue weighted by Crippen LogP contribution is 2.23. The molecule has 0 bridgehead atoms. The maximum atomic E-state index is 12.0. The van der Waals surface area contributed by atoms with Crippen molar-refractivity contribution in [3.8, 4) is 5.75 Å². The fourth-order valence-corrected chi connectivity index (χ4v) is 2.13. The van der Waals surface area contributed by atoms with Crippen molar-refractivity contribution < 1.29 is 23.9 Å². The van der Waals surface area contributed by atoms with E-state index in [0.29, 0.717) is 24.5 Å². The zero-order valence-electron chi connectivity index (χ0n) is 14.7. The van der Waals surface area contributed by atoms with Crippen molar-refractivity contribution >= 4 is 23.6 Å². The Bertz CT molecular complexity index is 604. The number of esters is 1. The minimum absolute atomic E-state index is 0.135. The molecule has 0 heterocycles. The first kappa shape index (κ1) is 20.3. The number of hydrogen-bond donors (Lipinski definition) is 3. The van der Waals surface area contributed by atoms with Crippen LogP contribution in [-0.2, 0) is 14.3 Å². The molecule has 0 aliphatic rings. The Kier molecular flexibility index (Phi) is 8.25. The average molecular weight is 351 g/mol. The molecule has 0 fully saturated rings. The van der Waals surface area contributed by atoms with Crippen LogP contribution >= 0.6 is 0 Å². The summed E-state index contributed by atoms with van der Waals surface area (Å²) in [6, 6.07) is 5.23. The maximum Gasteiger partial charge on any atom is 0.329 e. The van der Waals surface area contributed by atoms with Gasteiger partial charge < -0.3 is 25.8 Å². The van der Waals surface area contributed by atoms with Gasteiger partial charge in [-0.3, -0.25) is 4.79 Å². The summed E-state index contributed by atoms with van der Waals surface area (Å²) in [5.74, 6) is -0.558. The van der Waals surface area contributed by atoms with Gasteiger partial charge in [0, 0.05) is 0 Å². The quantitative estimate of drug-likeness (QED) is 0.584. The molecule has 4 N–H and O–H groups in total. The van der Waals surface area contributed by atoms with Crippen LogP contribution in [0.2, 0.25) is 0 Å². The number of nitrogens with two attached hydrogens (primary N) is 1. The van der Waals surface area contributed by atoms with Crippen LogP contribution in [0.25, 0.3) is 0 Å². The molecule has 1 aromatic carbocycles. The van der Waals surface area contributed by atoms with Crippen molar-refractivity contribution in [3.63, 3.8) is 0 Å². The molecule has 8 heteroatoms. The smallest absolute Gasteiger partial charge is 0.329 e. The van der Waals surface area contributed by atoms with Crippen molar-refractivity contribution in [2.45, 2.75) is 33.2 Å². The summed E-state index contributed by atoms with van der Waals surface area (Å²) in [4.78, 5) is 35.0. The second kappa shape index (κ2) is 10.2. The van der Waals surface area contributed by atoms with Crippen molar-refractivity contribution in [1.29, 1.82) is 0 Å². The molecular weight excluding hydrogens is 326 g/mol. The Morgan fingerprint density at radius 1 is 1.20 bits per heavy atom. The van der Waals surface area contributed by atoms with Crippen LogP contribution in [-0.4, -0.2) is 37.2 Å². The standard InChI is InChI=1S/C17H25N3O5/c1-4-24-14-8-6-5-7-12(14)19-15(21)10-25-16(22)13(9-11(2)3)20-17(18)23/h5-8,11,13H,4,9-10H2,1-3H3,(H,19,21)(H3,18,20,23)/t13-/m0/s1. The molecule has 0 saturated carbocycles. The van der Waals surface area contributed by atoms with E-state index in [-0.39, 0.29) is 5.92 Å². The predicted molar refractivity (Wildman–Crippen MR) is 93.2 cm³/mol. The zero-order chi connectivity index (χ0) is 18.8. The third-order valence-corrected chi connectivity index (χ3v) is 3.11. The number of hydrogen-bond acceptors (Lipinski definition) is 5. The topological polar surface area (TPSA) is 120 Å². The molecular formula is C17H25N3O5. The van der Waals surface area contributed by atoms with Gasteiger partial charge in [-0.2, -0.15) is 0 Å². The minimum atomic E-state index is -0.888. The van der Waals surface area contributed by atoms with Crippen molar-refractivity contribution in [1.82, 2.24) is 5.32 Å². The third-order valence-electron chi connectivity index (χ3n) is 3.11. The highest BCUT2D eigenvalue weighted by molar-refractivity contribution is 5.94. The maximum absolute atomic E-state index is 12.0. The molecule has 3 amide bonds. The van der Waals surface area contributed by atoms with Crippen molar-refractivity contribution in [2.75, 3.05) is 18.5 Å². The number of nitrogens with one attached hydrogen (secondary N) is 2. The normalized spacial score (nSPS) is 11.5. The van der Waals surface area contributed by atoms with E-state index in [0.717, 1.165) is 0 Å². The molecule has 138 valence electrons. The lowest BCUT2D eigenvalue weighted by molar-refractivity contribution is -0.149. The van der Waals surface area contributed by atoms with Crippen LogP contribution in [0.4, 0.5) is 10.5 Å². The van der Waals surface area contributed by atoms with Crippen LogP contribution < -0.4 is 21.1 Å². The van der Waals surface area contributed by atoms with Gasteiger partial charge in [-0.15, -0.1) is 0 Å². The Morgan fingerprint density at radius 3 is 2.48 bits per heavy atom. The molecule has 1 atom stereocenters. The van der Waals surface area contributed by atoms with Gasteiger partial charge >= 0.3 is 12.0 Å². The Morgan fingerprint density at radius 2 is 1.88 bits per heavy atom. The number of para-hydroxylation sites is 2. The molecule has 8 nitrogen and oxygen atoms in total. The molecule has 0 spiro atoms. The van der Waals surface area contributed by atoms with Gasteiger partial charge in [0.25, 0.3) is 5.91 Å². The fraction of sp³-hybridized carbons (Fsp3) is 0.471.